The molecule has 1 fully saturated rings. The molecule has 1 unspecified atom stereocenters. The number of carbonyl (C=O) groups is 1. The zero-order valence-electron chi connectivity index (χ0n) is 10.6. The number of halogens is 1. The van der Waals surface area contributed by atoms with E-state index in [0.29, 0.717) is 37.6 Å². The SMILES string of the molecule is Cc1cc(Br)cc2c1NC(=O)C2(O)N1CCOCC1. The lowest BCUT2D eigenvalue weighted by molar-refractivity contribution is -0.168. The maximum atomic E-state index is 12.3. The van der Waals surface area contributed by atoms with E-state index in [-0.39, 0.29) is 5.91 Å². The summed E-state index contributed by atoms with van der Waals surface area (Å²) in [5, 5.41) is 13.7. The lowest BCUT2D eigenvalue weighted by Gasteiger charge is -2.37. The van der Waals surface area contributed by atoms with E-state index in [4.69, 9.17) is 4.74 Å². The van der Waals surface area contributed by atoms with Crippen LogP contribution in [0.3, 0.4) is 0 Å². The second kappa shape index (κ2) is 4.56. The van der Waals surface area contributed by atoms with Gasteiger partial charge in [-0.1, -0.05) is 15.9 Å². The number of rotatable bonds is 1. The summed E-state index contributed by atoms with van der Waals surface area (Å²) in [5.74, 6) is -0.384. The molecule has 1 amide bonds. The van der Waals surface area contributed by atoms with Crippen LogP contribution in [0.5, 0.6) is 0 Å². The van der Waals surface area contributed by atoms with Gasteiger partial charge in [-0.25, -0.2) is 0 Å². The first kappa shape index (κ1) is 13.1. The number of anilines is 1. The molecule has 0 bridgehead atoms. The molecule has 1 aromatic rings. The molecule has 2 aliphatic heterocycles. The standard InChI is InChI=1S/C13H15BrN2O3/c1-8-6-9(14)7-10-11(8)15-12(17)13(10,18)16-2-4-19-5-3-16/h6-7,18H,2-5H2,1H3,(H,15,17). The second-order valence-corrected chi connectivity index (χ2v) is 5.79. The molecule has 19 heavy (non-hydrogen) atoms. The Balaban J connectivity index is 2.10. The summed E-state index contributed by atoms with van der Waals surface area (Å²) in [6.07, 6.45) is 0. The molecule has 6 heteroatoms. The summed E-state index contributed by atoms with van der Waals surface area (Å²) >= 11 is 3.42. The maximum absolute atomic E-state index is 12.3. The van der Waals surface area contributed by atoms with Crippen molar-refractivity contribution in [2.24, 2.45) is 0 Å². The molecule has 0 aromatic heterocycles. The number of ether oxygens (including phenoxy) is 1. The smallest absolute Gasteiger partial charge is 0.276 e. The Hall–Kier alpha value is -0.950. The maximum Gasteiger partial charge on any atom is 0.276 e. The number of aryl methyl sites for hydroxylation is 1. The molecule has 0 aliphatic carbocycles. The molecule has 2 heterocycles. The second-order valence-electron chi connectivity index (χ2n) is 4.87. The van der Waals surface area contributed by atoms with Crippen molar-refractivity contribution in [1.29, 1.82) is 0 Å². The number of carbonyl (C=O) groups excluding carboxylic acids is 1. The Kier molecular flexibility index (Phi) is 3.13. The highest BCUT2D eigenvalue weighted by Crippen LogP contribution is 2.42. The number of amides is 1. The Morgan fingerprint density at radius 1 is 1.42 bits per heavy atom. The lowest BCUT2D eigenvalue weighted by atomic mass is 10.00. The van der Waals surface area contributed by atoms with Crippen molar-refractivity contribution in [1.82, 2.24) is 4.90 Å². The largest absolute Gasteiger partial charge is 0.379 e. The zero-order valence-corrected chi connectivity index (χ0v) is 12.2. The molecule has 2 N–H and O–H groups in total. The minimum atomic E-state index is -1.59. The number of hydrogen-bond donors (Lipinski definition) is 2. The Labute approximate surface area is 119 Å². The van der Waals surface area contributed by atoms with Crippen LogP contribution in [0.25, 0.3) is 0 Å². The predicted octanol–water partition coefficient (Wildman–Crippen LogP) is 1.19. The van der Waals surface area contributed by atoms with E-state index in [1.165, 1.54) is 0 Å². The first-order valence-corrected chi connectivity index (χ1v) is 7.00. The highest BCUT2D eigenvalue weighted by atomic mass is 79.9. The normalized spacial score (nSPS) is 27.2. The van der Waals surface area contributed by atoms with E-state index in [2.05, 4.69) is 21.2 Å². The lowest BCUT2D eigenvalue weighted by Crippen LogP contribution is -2.55. The number of nitrogens with zero attached hydrogens (tertiary/aromatic N) is 1. The Bertz CT molecular complexity index is 543. The molecule has 5 nitrogen and oxygen atoms in total. The first-order chi connectivity index (χ1) is 9.03. The molecule has 2 aliphatic rings. The van der Waals surface area contributed by atoms with Crippen molar-refractivity contribution in [3.8, 4) is 0 Å². The van der Waals surface area contributed by atoms with Gasteiger partial charge in [0, 0.05) is 23.1 Å². The average molecular weight is 327 g/mol. The Morgan fingerprint density at radius 3 is 2.79 bits per heavy atom. The van der Waals surface area contributed by atoms with Gasteiger partial charge in [-0.15, -0.1) is 0 Å². The summed E-state index contributed by atoms with van der Waals surface area (Å²) in [6.45, 7) is 4.04. The number of nitrogens with one attached hydrogen (secondary N) is 1. The van der Waals surface area contributed by atoms with Gasteiger partial charge in [0.25, 0.3) is 5.91 Å². The van der Waals surface area contributed by atoms with Crippen LogP contribution in [-0.4, -0.2) is 42.2 Å². The van der Waals surface area contributed by atoms with Gasteiger partial charge < -0.3 is 15.2 Å². The third-order valence-electron chi connectivity index (χ3n) is 3.70. The molecule has 1 atom stereocenters. The quantitative estimate of drug-likeness (QED) is 0.813. The van der Waals surface area contributed by atoms with E-state index in [1.54, 1.807) is 11.0 Å². The number of hydrogen-bond acceptors (Lipinski definition) is 4. The van der Waals surface area contributed by atoms with Crippen LogP contribution in [-0.2, 0) is 15.3 Å². The van der Waals surface area contributed by atoms with Gasteiger partial charge in [0.1, 0.15) is 0 Å². The summed E-state index contributed by atoms with van der Waals surface area (Å²) < 4.78 is 6.13. The minimum absolute atomic E-state index is 0.384. The fourth-order valence-electron chi connectivity index (χ4n) is 2.71. The summed E-state index contributed by atoms with van der Waals surface area (Å²) in [6, 6.07) is 3.72. The van der Waals surface area contributed by atoms with Crippen LogP contribution in [0.4, 0.5) is 5.69 Å². The number of morpholine rings is 1. The first-order valence-electron chi connectivity index (χ1n) is 6.20. The highest BCUT2D eigenvalue weighted by Gasteiger charge is 2.50. The topological polar surface area (TPSA) is 61.8 Å². The Morgan fingerprint density at radius 2 is 2.11 bits per heavy atom. The van der Waals surface area contributed by atoms with Gasteiger partial charge in [-0.2, -0.15) is 0 Å². The van der Waals surface area contributed by atoms with Crippen LogP contribution in [0, 0.1) is 6.92 Å². The average Bonchev–Trinajstić information content (AvgIpc) is 2.66. The molecule has 3 rings (SSSR count). The summed E-state index contributed by atoms with van der Waals surface area (Å²) in [5.41, 5.74) is 0.670. The monoisotopic (exact) mass is 326 g/mol. The van der Waals surface area contributed by atoms with Gasteiger partial charge >= 0.3 is 0 Å². The molecule has 0 spiro atoms. The fraction of sp³-hybridized carbons (Fsp3) is 0.462. The van der Waals surface area contributed by atoms with Crippen molar-refractivity contribution in [2.45, 2.75) is 12.6 Å². The molecule has 0 saturated carbocycles. The van der Waals surface area contributed by atoms with Crippen molar-refractivity contribution in [3.05, 3.63) is 27.7 Å². The molecular formula is C13H15BrN2O3. The van der Waals surface area contributed by atoms with E-state index in [0.717, 1.165) is 10.0 Å². The zero-order chi connectivity index (χ0) is 13.6. The van der Waals surface area contributed by atoms with Gasteiger partial charge in [-0.3, -0.25) is 9.69 Å². The molecule has 1 saturated heterocycles. The molecular weight excluding hydrogens is 312 g/mol. The van der Waals surface area contributed by atoms with Crippen molar-refractivity contribution < 1.29 is 14.6 Å². The number of fused-ring (bicyclic) bond motifs is 1. The van der Waals surface area contributed by atoms with Gasteiger partial charge in [0.2, 0.25) is 5.72 Å². The van der Waals surface area contributed by atoms with Crippen LogP contribution >= 0.6 is 15.9 Å². The van der Waals surface area contributed by atoms with E-state index < -0.39 is 5.72 Å². The number of aliphatic hydroxyl groups is 1. The van der Waals surface area contributed by atoms with Crippen molar-refractivity contribution in [3.63, 3.8) is 0 Å². The van der Waals surface area contributed by atoms with Gasteiger partial charge in [0.05, 0.1) is 18.9 Å². The third-order valence-corrected chi connectivity index (χ3v) is 4.16. The van der Waals surface area contributed by atoms with Crippen LogP contribution in [0.2, 0.25) is 0 Å². The molecule has 1 aromatic carbocycles. The van der Waals surface area contributed by atoms with E-state index in [1.807, 2.05) is 13.0 Å². The van der Waals surface area contributed by atoms with Crippen LogP contribution < -0.4 is 5.32 Å². The third kappa shape index (κ3) is 1.90. The predicted molar refractivity (Wildman–Crippen MR) is 73.8 cm³/mol. The van der Waals surface area contributed by atoms with Gasteiger partial charge in [-0.05, 0) is 24.6 Å². The molecule has 102 valence electrons. The minimum Gasteiger partial charge on any atom is -0.379 e. The van der Waals surface area contributed by atoms with E-state index in [9.17, 15) is 9.90 Å². The highest BCUT2D eigenvalue weighted by molar-refractivity contribution is 9.10. The van der Waals surface area contributed by atoms with Crippen molar-refractivity contribution in [2.75, 3.05) is 31.6 Å². The fourth-order valence-corrected chi connectivity index (χ4v) is 3.28. The van der Waals surface area contributed by atoms with Crippen LogP contribution in [0.1, 0.15) is 11.1 Å². The van der Waals surface area contributed by atoms with E-state index >= 15 is 0 Å². The van der Waals surface area contributed by atoms with Crippen LogP contribution in [0.15, 0.2) is 16.6 Å². The summed E-state index contributed by atoms with van der Waals surface area (Å²) in [4.78, 5) is 14.0. The van der Waals surface area contributed by atoms with Gasteiger partial charge in [0.15, 0.2) is 0 Å². The molecule has 0 radical (unpaired) electrons. The summed E-state index contributed by atoms with van der Waals surface area (Å²) in [7, 11) is 0. The van der Waals surface area contributed by atoms with Crippen molar-refractivity contribution >= 4 is 27.5 Å². The number of benzene rings is 1.